The number of nitrogens with two attached hydrogens (primary N) is 1. The van der Waals surface area contributed by atoms with Gasteiger partial charge in [-0.05, 0) is 32.9 Å². The number of hydrogen-bond donors (Lipinski definition) is 1. The summed E-state index contributed by atoms with van der Waals surface area (Å²) in [6, 6.07) is 5.31. The zero-order valence-corrected chi connectivity index (χ0v) is 15.8. The Morgan fingerprint density at radius 2 is 1.96 bits per heavy atom. The quantitative estimate of drug-likeness (QED) is 0.873. The second-order valence-corrected chi connectivity index (χ2v) is 6.81. The SMILES string of the molecule is CC(=O)N1c2ccc(-c3cnc(N)cn3)cc2N(C(=O)OC(C)C)CC1C. The first-order valence-corrected chi connectivity index (χ1v) is 8.77. The van der Waals surface area contributed by atoms with Crippen LogP contribution in [0.2, 0.25) is 0 Å². The minimum absolute atomic E-state index is 0.0827. The first-order valence-electron chi connectivity index (χ1n) is 8.77. The van der Waals surface area contributed by atoms with E-state index < -0.39 is 6.09 Å². The van der Waals surface area contributed by atoms with E-state index in [0.717, 1.165) is 5.56 Å². The smallest absolute Gasteiger partial charge is 0.414 e. The Kier molecular flexibility index (Phi) is 4.98. The van der Waals surface area contributed by atoms with Gasteiger partial charge in [-0.25, -0.2) is 9.78 Å². The molecule has 2 N–H and O–H groups in total. The van der Waals surface area contributed by atoms with Crippen LogP contribution in [0, 0.1) is 0 Å². The first-order chi connectivity index (χ1) is 12.8. The largest absolute Gasteiger partial charge is 0.446 e. The Hall–Kier alpha value is -3.16. The molecular weight excluding hydrogens is 346 g/mol. The number of hydrogen-bond acceptors (Lipinski definition) is 6. The molecule has 0 radical (unpaired) electrons. The highest BCUT2D eigenvalue weighted by molar-refractivity contribution is 6.03. The van der Waals surface area contributed by atoms with Crippen molar-refractivity contribution < 1.29 is 14.3 Å². The zero-order chi connectivity index (χ0) is 19.7. The minimum Gasteiger partial charge on any atom is -0.446 e. The lowest BCUT2D eigenvalue weighted by atomic mass is 10.0. The predicted molar refractivity (Wildman–Crippen MR) is 103 cm³/mol. The van der Waals surface area contributed by atoms with Gasteiger partial charge in [0.2, 0.25) is 5.91 Å². The van der Waals surface area contributed by atoms with Gasteiger partial charge in [0.15, 0.2) is 0 Å². The number of carbonyl (C=O) groups is 2. The zero-order valence-electron chi connectivity index (χ0n) is 15.8. The summed E-state index contributed by atoms with van der Waals surface area (Å²) in [4.78, 5) is 36.4. The minimum atomic E-state index is -0.443. The number of carbonyl (C=O) groups excluding carboxylic acids is 2. The van der Waals surface area contributed by atoms with Gasteiger partial charge in [0.25, 0.3) is 0 Å². The molecule has 1 aliphatic rings. The Morgan fingerprint density at radius 1 is 1.22 bits per heavy atom. The molecule has 1 unspecified atom stereocenters. The van der Waals surface area contributed by atoms with Gasteiger partial charge in [-0.15, -0.1) is 0 Å². The van der Waals surface area contributed by atoms with Crippen molar-refractivity contribution in [3.63, 3.8) is 0 Å². The Morgan fingerprint density at radius 3 is 2.56 bits per heavy atom. The van der Waals surface area contributed by atoms with E-state index in [1.54, 1.807) is 29.8 Å². The average Bonchev–Trinajstić information content (AvgIpc) is 2.60. The third-order valence-corrected chi connectivity index (χ3v) is 4.28. The van der Waals surface area contributed by atoms with Crippen LogP contribution in [0.4, 0.5) is 22.0 Å². The number of amides is 2. The van der Waals surface area contributed by atoms with Crippen LogP contribution in [-0.2, 0) is 9.53 Å². The van der Waals surface area contributed by atoms with Crippen molar-refractivity contribution in [3.8, 4) is 11.3 Å². The van der Waals surface area contributed by atoms with Crippen LogP contribution >= 0.6 is 0 Å². The predicted octanol–water partition coefficient (Wildman–Crippen LogP) is 2.83. The number of nitrogen functional groups attached to an aromatic ring is 1. The summed E-state index contributed by atoms with van der Waals surface area (Å²) in [7, 11) is 0. The molecule has 0 bridgehead atoms. The summed E-state index contributed by atoms with van der Waals surface area (Å²) in [6.45, 7) is 7.36. The molecule has 0 saturated carbocycles. The van der Waals surface area contributed by atoms with Gasteiger partial charge in [-0.3, -0.25) is 14.7 Å². The summed E-state index contributed by atoms with van der Waals surface area (Å²) >= 11 is 0. The van der Waals surface area contributed by atoms with Gasteiger partial charge in [-0.1, -0.05) is 6.07 Å². The fourth-order valence-electron chi connectivity index (χ4n) is 3.19. The molecule has 1 atom stereocenters. The fourth-order valence-corrected chi connectivity index (χ4v) is 3.19. The fraction of sp³-hybridized carbons (Fsp3) is 0.368. The van der Waals surface area contributed by atoms with Crippen molar-refractivity contribution in [1.29, 1.82) is 0 Å². The molecule has 8 nitrogen and oxygen atoms in total. The Balaban J connectivity index is 2.09. The van der Waals surface area contributed by atoms with E-state index in [1.807, 2.05) is 25.1 Å². The van der Waals surface area contributed by atoms with Crippen LogP contribution in [0.3, 0.4) is 0 Å². The van der Waals surface area contributed by atoms with Gasteiger partial charge >= 0.3 is 6.09 Å². The Bertz CT molecular complexity index is 866. The van der Waals surface area contributed by atoms with E-state index in [2.05, 4.69) is 9.97 Å². The second-order valence-electron chi connectivity index (χ2n) is 6.81. The van der Waals surface area contributed by atoms with Crippen molar-refractivity contribution in [2.24, 2.45) is 0 Å². The summed E-state index contributed by atoms with van der Waals surface area (Å²) in [5.41, 5.74) is 8.25. The standard InChI is InChI=1S/C19H23N5O3/c1-11(2)27-19(26)23-10-12(3)24(13(4)25)16-6-5-14(7-17(16)23)15-8-22-18(20)9-21-15/h5-9,11-12H,10H2,1-4H3,(H2,20,22). The van der Waals surface area contributed by atoms with Crippen LogP contribution in [0.5, 0.6) is 0 Å². The molecule has 1 aromatic carbocycles. The molecule has 2 heterocycles. The van der Waals surface area contributed by atoms with Crippen LogP contribution < -0.4 is 15.5 Å². The molecule has 0 fully saturated rings. The maximum atomic E-state index is 12.6. The summed E-state index contributed by atoms with van der Waals surface area (Å²) < 4.78 is 5.39. The molecule has 3 rings (SSSR count). The normalized spacial score (nSPS) is 16.3. The lowest BCUT2D eigenvalue weighted by Crippen LogP contribution is -2.51. The number of benzene rings is 1. The number of anilines is 3. The van der Waals surface area contributed by atoms with Gasteiger partial charge in [-0.2, -0.15) is 0 Å². The van der Waals surface area contributed by atoms with E-state index in [-0.39, 0.29) is 18.1 Å². The lowest BCUT2D eigenvalue weighted by molar-refractivity contribution is -0.117. The van der Waals surface area contributed by atoms with Crippen molar-refractivity contribution in [2.45, 2.75) is 39.8 Å². The first kappa shape index (κ1) is 18.6. The molecule has 1 aliphatic heterocycles. The van der Waals surface area contributed by atoms with Crippen molar-refractivity contribution in [1.82, 2.24) is 9.97 Å². The molecule has 8 heteroatoms. The van der Waals surface area contributed by atoms with E-state index in [9.17, 15) is 9.59 Å². The van der Waals surface area contributed by atoms with E-state index in [4.69, 9.17) is 10.5 Å². The number of nitrogens with zero attached hydrogens (tertiary/aromatic N) is 4. The molecule has 2 aromatic rings. The van der Waals surface area contributed by atoms with Gasteiger partial charge < -0.3 is 15.4 Å². The molecule has 27 heavy (non-hydrogen) atoms. The number of aromatic nitrogens is 2. The van der Waals surface area contributed by atoms with Crippen molar-refractivity contribution >= 4 is 29.2 Å². The third kappa shape index (κ3) is 3.69. The monoisotopic (exact) mass is 369 g/mol. The molecule has 0 saturated heterocycles. The van der Waals surface area contributed by atoms with E-state index in [0.29, 0.717) is 29.4 Å². The second kappa shape index (κ2) is 7.22. The molecular formula is C19H23N5O3. The molecule has 1 aromatic heterocycles. The van der Waals surface area contributed by atoms with Crippen molar-refractivity contribution in [3.05, 3.63) is 30.6 Å². The molecule has 0 aliphatic carbocycles. The number of fused-ring (bicyclic) bond motifs is 1. The highest BCUT2D eigenvalue weighted by Gasteiger charge is 2.34. The lowest BCUT2D eigenvalue weighted by Gasteiger charge is -2.40. The van der Waals surface area contributed by atoms with Crippen molar-refractivity contribution in [2.75, 3.05) is 22.1 Å². The Labute approximate surface area is 158 Å². The summed E-state index contributed by atoms with van der Waals surface area (Å²) in [5.74, 6) is 0.246. The number of ether oxygens (including phenoxy) is 1. The highest BCUT2D eigenvalue weighted by Crippen LogP contribution is 2.38. The summed E-state index contributed by atoms with van der Waals surface area (Å²) in [6.07, 6.45) is 2.36. The number of rotatable bonds is 2. The van der Waals surface area contributed by atoms with Crippen LogP contribution in [0.1, 0.15) is 27.7 Å². The van der Waals surface area contributed by atoms with Crippen LogP contribution in [0.25, 0.3) is 11.3 Å². The maximum Gasteiger partial charge on any atom is 0.414 e. The van der Waals surface area contributed by atoms with Crippen LogP contribution in [0.15, 0.2) is 30.6 Å². The van der Waals surface area contributed by atoms with Gasteiger partial charge in [0, 0.05) is 19.0 Å². The van der Waals surface area contributed by atoms with E-state index >= 15 is 0 Å². The van der Waals surface area contributed by atoms with Gasteiger partial charge in [0.1, 0.15) is 5.82 Å². The third-order valence-electron chi connectivity index (χ3n) is 4.28. The van der Waals surface area contributed by atoms with E-state index in [1.165, 1.54) is 13.1 Å². The molecule has 142 valence electrons. The average molecular weight is 369 g/mol. The topological polar surface area (TPSA) is 102 Å². The van der Waals surface area contributed by atoms with Crippen LogP contribution in [-0.4, -0.2) is 40.7 Å². The summed E-state index contributed by atoms with van der Waals surface area (Å²) in [5, 5.41) is 0. The maximum absolute atomic E-state index is 12.6. The highest BCUT2D eigenvalue weighted by atomic mass is 16.6. The van der Waals surface area contributed by atoms with Gasteiger partial charge in [0.05, 0.1) is 41.6 Å². The molecule has 0 spiro atoms. The molecule has 2 amide bonds.